The number of terminal acetylenes is 1. The molecule has 1 aliphatic heterocycles. The van der Waals surface area contributed by atoms with Gasteiger partial charge < -0.3 is 14.2 Å². The fourth-order valence-corrected chi connectivity index (χ4v) is 5.06. The number of rotatable bonds is 8. The molecule has 8 heteroatoms. The summed E-state index contributed by atoms with van der Waals surface area (Å²) in [5.41, 5.74) is 2.09. The molecular weight excluding hydrogens is 476 g/mol. The molecule has 0 bridgehead atoms. The molecule has 0 saturated carbocycles. The van der Waals surface area contributed by atoms with Crippen LogP contribution in [0.15, 0.2) is 69.6 Å². The Kier molecular flexibility index (Phi) is 7.71. The molecule has 36 heavy (non-hydrogen) atoms. The normalized spacial score (nSPS) is 15.1. The van der Waals surface area contributed by atoms with Gasteiger partial charge in [-0.15, -0.1) is 6.42 Å². The number of carbonyl (C=O) groups excluding carboxylic acids is 1. The molecule has 0 aliphatic carbocycles. The number of hydrogen-bond donors (Lipinski definition) is 0. The lowest BCUT2D eigenvalue weighted by molar-refractivity contribution is -0.139. The van der Waals surface area contributed by atoms with Gasteiger partial charge in [-0.05, 0) is 50.6 Å². The number of aromatic nitrogens is 1. The predicted molar refractivity (Wildman–Crippen MR) is 139 cm³/mol. The van der Waals surface area contributed by atoms with E-state index in [0.29, 0.717) is 44.3 Å². The van der Waals surface area contributed by atoms with Gasteiger partial charge in [-0.25, -0.2) is 9.79 Å². The zero-order chi connectivity index (χ0) is 25.7. The molecule has 1 aromatic heterocycles. The molecule has 1 aliphatic rings. The van der Waals surface area contributed by atoms with Crippen LogP contribution in [-0.2, 0) is 9.53 Å². The van der Waals surface area contributed by atoms with Crippen LogP contribution in [0.4, 0.5) is 0 Å². The molecule has 0 amide bonds. The molecule has 1 atom stereocenters. The van der Waals surface area contributed by atoms with Crippen LogP contribution in [0.25, 0.3) is 6.08 Å². The first-order valence-corrected chi connectivity index (χ1v) is 12.4. The van der Waals surface area contributed by atoms with E-state index >= 15 is 0 Å². The Hall–Kier alpha value is -4.09. The number of hydrogen-bond acceptors (Lipinski definition) is 7. The van der Waals surface area contributed by atoms with E-state index in [1.165, 1.54) is 11.3 Å². The summed E-state index contributed by atoms with van der Waals surface area (Å²) in [6, 6.07) is 14.0. The van der Waals surface area contributed by atoms with Crippen molar-refractivity contribution < 1.29 is 19.0 Å². The lowest BCUT2D eigenvalue weighted by Gasteiger charge is -2.26. The lowest BCUT2D eigenvalue weighted by atomic mass is 9.95. The molecule has 0 radical (unpaired) electrons. The fraction of sp³-hybridized carbons (Fsp3) is 0.250. The first-order chi connectivity index (χ1) is 17.5. The molecule has 3 aromatic rings. The largest absolute Gasteiger partial charge is 0.494 e. The minimum absolute atomic E-state index is 0.184. The van der Waals surface area contributed by atoms with Crippen LogP contribution in [-0.4, -0.2) is 30.4 Å². The average molecular weight is 503 g/mol. The Bertz CT molecular complexity index is 1520. The summed E-state index contributed by atoms with van der Waals surface area (Å²) in [5.74, 6) is 3.16. The van der Waals surface area contributed by atoms with E-state index in [0.717, 1.165) is 5.56 Å². The minimum Gasteiger partial charge on any atom is -0.494 e. The molecule has 2 heterocycles. The number of benzene rings is 2. The maximum absolute atomic E-state index is 13.7. The van der Waals surface area contributed by atoms with E-state index in [2.05, 4.69) is 10.9 Å². The summed E-state index contributed by atoms with van der Waals surface area (Å²) in [4.78, 5) is 31.9. The van der Waals surface area contributed by atoms with Crippen LogP contribution in [0, 0.1) is 12.3 Å². The van der Waals surface area contributed by atoms with Gasteiger partial charge in [0.2, 0.25) is 0 Å². The van der Waals surface area contributed by atoms with Crippen molar-refractivity contribution in [3.63, 3.8) is 0 Å². The monoisotopic (exact) mass is 502 g/mol. The van der Waals surface area contributed by atoms with E-state index < -0.39 is 12.0 Å². The quantitative estimate of drug-likeness (QED) is 0.349. The average Bonchev–Trinajstić information content (AvgIpc) is 3.17. The third-order valence-corrected chi connectivity index (χ3v) is 6.51. The Morgan fingerprint density at radius 2 is 1.89 bits per heavy atom. The number of thiazole rings is 1. The number of nitrogens with zero attached hydrogens (tertiary/aromatic N) is 2. The Balaban J connectivity index is 1.88. The molecule has 0 spiro atoms. The van der Waals surface area contributed by atoms with Gasteiger partial charge in [-0.3, -0.25) is 9.36 Å². The van der Waals surface area contributed by atoms with E-state index in [1.54, 1.807) is 36.6 Å². The molecule has 0 N–H and O–H groups in total. The fourth-order valence-electron chi connectivity index (χ4n) is 4.02. The molecule has 7 nitrogen and oxygen atoms in total. The van der Waals surface area contributed by atoms with Crippen molar-refractivity contribution in [3.05, 3.63) is 90.6 Å². The smallest absolute Gasteiger partial charge is 0.338 e. The van der Waals surface area contributed by atoms with Crippen molar-refractivity contribution in [1.82, 2.24) is 4.57 Å². The summed E-state index contributed by atoms with van der Waals surface area (Å²) in [5, 5.41) is 0. The number of fused-ring (bicyclic) bond motifs is 1. The zero-order valence-electron chi connectivity index (χ0n) is 20.3. The molecule has 0 unspecified atom stereocenters. The summed E-state index contributed by atoms with van der Waals surface area (Å²) >= 11 is 1.27. The second-order valence-electron chi connectivity index (χ2n) is 7.83. The SMILES string of the molecule is C#CCOc1ccc(C=c2sc3n(c2=O)[C@H](c2ccccc2OCC)C(C(=O)OCC)=C(C)N=3)cc1. The number of para-hydroxylation sites is 1. The van der Waals surface area contributed by atoms with Crippen LogP contribution in [0.3, 0.4) is 0 Å². The van der Waals surface area contributed by atoms with Crippen LogP contribution in [0.1, 0.15) is 37.9 Å². The molecule has 184 valence electrons. The highest BCUT2D eigenvalue weighted by atomic mass is 32.1. The molecule has 4 rings (SSSR count). The Labute approximate surface area is 213 Å². The zero-order valence-corrected chi connectivity index (χ0v) is 21.1. The summed E-state index contributed by atoms with van der Waals surface area (Å²) in [7, 11) is 0. The standard InChI is InChI=1S/C28H26N2O5S/c1-5-16-35-20-14-12-19(13-15-20)17-23-26(31)30-25(21-10-8-9-11-22(21)33-6-2)24(27(32)34-7-3)18(4)29-28(30)36-23/h1,8-15,17,25H,6-7,16H2,2-4H3/t25-/m1/s1. The van der Waals surface area contributed by atoms with E-state index in [-0.39, 0.29) is 18.8 Å². The van der Waals surface area contributed by atoms with E-state index in [9.17, 15) is 9.59 Å². The number of carbonyl (C=O) groups is 1. The molecule has 0 saturated heterocycles. The maximum atomic E-state index is 13.7. The highest BCUT2D eigenvalue weighted by molar-refractivity contribution is 7.07. The van der Waals surface area contributed by atoms with Crippen molar-refractivity contribution in [3.8, 4) is 23.8 Å². The number of esters is 1. The third-order valence-electron chi connectivity index (χ3n) is 5.53. The van der Waals surface area contributed by atoms with Gasteiger partial charge >= 0.3 is 5.97 Å². The van der Waals surface area contributed by atoms with Crippen molar-refractivity contribution in [1.29, 1.82) is 0 Å². The van der Waals surface area contributed by atoms with Gasteiger partial charge in [0.1, 0.15) is 24.1 Å². The van der Waals surface area contributed by atoms with Crippen molar-refractivity contribution in [2.45, 2.75) is 26.8 Å². The van der Waals surface area contributed by atoms with Gasteiger partial charge in [0, 0.05) is 5.56 Å². The topological polar surface area (TPSA) is 79.1 Å². The second kappa shape index (κ2) is 11.1. The molecular formula is C28H26N2O5S. The van der Waals surface area contributed by atoms with Gasteiger partial charge in [0.25, 0.3) is 5.56 Å². The van der Waals surface area contributed by atoms with Crippen LogP contribution in [0.5, 0.6) is 11.5 Å². The molecule has 2 aromatic carbocycles. The number of allylic oxidation sites excluding steroid dienone is 1. The first-order valence-electron chi connectivity index (χ1n) is 11.6. The maximum Gasteiger partial charge on any atom is 0.338 e. The highest BCUT2D eigenvalue weighted by Gasteiger charge is 2.35. The van der Waals surface area contributed by atoms with Gasteiger partial charge in [0.05, 0.1) is 29.0 Å². The van der Waals surface area contributed by atoms with Crippen LogP contribution < -0.4 is 24.4 Å². The van der Waals surface area contributed by atoms with Crippen molar-refractivity contribution >= 4 is 23.4 Å². The van der Waals surface area contributed by atoms with Crippen molar-refractivity contribution in [2.75, 3.05) is 19.8 Å². The van der Waals surface area contributed by atoms with Crippen molar-refractivity contribution in [2.24, 2.45) is 4.99 Å². The summed E-state index contributed by atoms with van der Waals surface area (Å²) in [6.45, 7) is 6.23. The van der Waals surface area contributed by atoms with Crippen LogP contribution in [0.2, 0.25) is 0 Å². The van der Waals surface area contributed by atoms with Gasteiger partial charge in [-0.1, -0.05) is 47.6 Å². The van der Waals surface area contributed by atoms with Gasteiger partial charge in [-0.2, -0.15) is 0 Å². The molecule has 0 fully saturated rings. The van der Waals surface area contributed by atoms with E-state index in [4.69, 9.17) is 20.6 Å². The Morgan fingerprint density at radius 1 is 1.14 bits per heavy atom. The predicted octanol–water partition coefficient (Wildman–Crippen LogP) is 3.21. The first kappa shape index (κ1) is 25.0. The third kappa shape index (κ3) is 4.97. The van der Waals surface area contributed by atoms with E-state index in [1.807, 2.05) is 43.3 Å². The van der Waals surface area contributed by atoms with Crippen LogP contribution >= 0.6 is 11.3 Å². The summed E-state index contributed by atoms with van der Waals surface area (Å²) < 4.78 is 18.7. The van der Waals surface area contributed by atoms with Gasteiger partial charge in [0.15, 0.2) is 4.80 Å². The highest BCUT2D eigenvalue weighted by Crippen LogP contribution is 2.35. The Morgan fingerprint density at radius 3 is 2.58 bits per heavy atom. The summed E-state index contributed by atoms with van der Waals surface area (Å²) in [6.07, 6.45) is 7.04. The second-order valence-corrected chi connectivity index (χ2v) is 8.84. The lowest BCUT2D eigenvalue weighted by Crippen LogP contribution is -2.40. The number of ether oxygens (including phenoxy) is 3. The minimum atomic E-state index is -0.732.